The molecule has 0 heterocycles. The monoisotopic (exact) mass is 444 g/mol. The predicted octanol–water partition coefficient (Wildman–Crippen LogP) is 7.99. The minimum absolute atomic E-state index is 0.0570. The Labute approximate surface area is 200 Å². The van der Waals surface area contributed by atoms with E-state index in [2.05, 4.69) is 78.0 Å². The van der Waals surface area contributed by atoms with E-state index in [1.54, 1.807) is 6.07 Å². The van der Waals surface area contributed by atoms with Gasteiger partial charge in [-0.3, -0.25) is 0 Å². The van der Waals surface area contributed by atoms with Gasteiger partial charge in [-0.25, -0.2) is 0 Å². The Balaban J connectivity index is 1.98. The first-order valence-electron chi connectivity index (χ1n) is 12.2. The van der Waals surface area contributed by atoms with Crippen LogP contribution in [0, 0.1) is 13.8 Å². The highest BCUT2D eigenvalue weighted by Gasteiger charge is 2.18. The first-order chi connectivity index (χ1) is 15.6. The second-order valence-electron chi connectivity index (χ2n) is 9.94. The number of rotatable bonds is 8. The van der Waals surface area contributed by atoms with Gasteiger partial charge in [0.05, 0.1) is 6.04 Å². The van der Waals surface area contributed by atoms with E-state index in [0.29, 0.717) is 17.6 Å². The number of anilines is 2. The summed E-state index contributed by atoms with van der Waals surface area (Å²) >= 11 is 0. The molecule has 0 radical (unpaired) electrons. The van der Waals surface area contributed by atoms with Gasteiger partial charge in [-0.15, -0.1) is 0 Å². The summed E-state index contributed by atoms with van der Waals surface area (Å²) in [6, 6.07) is 16.8. The van der Waals surface area contributed by atoms with Crippen molar-refractivity contribution in [2.45, 2.75) is 79.2 Å². The normalized spacial score (nSPS) is 12.4. The van der Waals surface area contributed by atoms with Gasteiger partial charge in [0.1, 0.15) is 5.75 Å². The first-order valence-corrected chi connectivity index (χ1v) is 12.2. The molecule has 3 aromatic rings. The Morgan fingerprint density at radius 1 is 0.818 bits per heavy atom. The molecule has 0 aliphatic carbocycles. The lowest BCUT2D eigenvalue weighted by molar-refractivity contribution is 0.462. The van der Waals surface area contributed by atoms with Gasteiger partial charge in [0.15, 0.2) is 0 Å². The molecule has 1 atom stereocenters. The van der Waals surface area contributed by atoms with Crippen LogP contribution in [0.1, 0.15) is 97.9 Å². The molecular weight excluding hydrogens is 404 g/mol. The molecule has 33 heavy (non-hydrogen) atoms. The van der Waals surface area contributed by atoms with E-state index in [0.717, 1.165) is 29.7 Å². The van der Waals surface area contributed by atoms with Crippen molar-refractivity contribution in [3.63, 3.8) is 0 Å². The molecule has 0 fully saturated rings. The lowest BCUT2D eigenvalue weighted by Gasteiger charge is -2.25. The summed E-state index contributed by atoms with van der Waals surface area (Å²) in [4.78, 5) is 0. The van der Waals surface area contributed by atoms with Gasteiger partial charge in [0.2, 0.25) is 0 Å². The van der Waals surface area contributed by atoms with Crippen LogP contribution in [0.2, 0.25) is 0 Å². The van der Waals surface area contributed by atoms with Crippen LogP contribution in [0.3, 0.4) is 0 Å². The standard InChI is InChI=1S/C30H40N2O/c1-8-27(24-11-9-10-12-28(24)33)32-30-21(7)14-23(17-26(30)19(4)5)15-22-13-20(6)29(31)25(16-22)18(2)3/h9-14,16-19,27,32-33H,8,15,31H2,1-7H3. The number of hydrogen-bond acceptors (Lipinski definition) is 3. The number of phenolic OH excluding ortho intramolecular Hbond substituents is 1. The van der Waals surface area contributed by atoms with Gasteiger partial charge in [-0.1, -0.05) is 77.1 Å². The highest BCUT2D eigenvalue weighted by atomic mass is 16.3. The zero-order chi connectivity index (χ0) is 24.3. The third-order valence-corrected chi connectivity index (χ3v) is 6.60. The molecule has 3 nitrogen and oxygen atoms in total. The van der Waals surface area contributed by atoms with Gasteiger partial charge >= 0.3 is 0 Å². The lowest BCUT2D eigenvalue weighted by Crippen LogP contribution is -2.13. The number of para-hydroxylation sites is 1. The maximum absolute atomic E-state index is 10.4. The molecule has 0 aliphatic rings. The lowest BCUT2D eigenvalue weighted by atomic mass is 9.90. The molecule has 0 aromatic heterocycles. The SMILES string of the molecule is CCC(Nc1c(C)cc(Cc2cc(C)c(N)c(C(C)C)c2)cc1C(C)C)c1ccccc1O. The minimum atomic E-state index is 0.0570. The summed E-state index contributed by atoms with van der Waals surface area (Å²) in [5.74, 6) is 1.13. The zero-order valence-corrected chi connectivity index (χ0v) is 21.3. The fourth-order valence-electron chi connectivity index (χ4n) is 4.72. The first kappa shape index (κ1) is 24.7. The second-order valence-corrected chi connectivity index (χ2v) is 9.94. The molecule has 0 saturated heterocycles. The van der Waals surface area contributed by atoms with Gasteiger partial charge in [0.25, 0.3) is 0 Å². The number of aromatic hydroxyl groups is 1. The molecular formula is C30H40N2O. The van der Waals surface area contributed by atoms with Crippen molar-refractivity contribution in [1.29, 1.82) is 0 Å². The fourth-order valence-corrected chi connectivity index (χ4v) is 4.72. The summed E-state index contributed by atoms with van der Waals surface area (Å²) in [6.45, 7) is 15.3. The van der Waals surface area contributed by atoms with Crippen molar-refractivity contribution in [2.24, 2.45) is 0 Å². The quantitative estimate of drug-likeness (QED) is 0.309. The molecule has 0 aliphatic heterocycles. The molecule has 3 rings (SSSR count). The van der Waals surface area contributed by atoms with E-state index < -0.39 is 0 Å². The molecule has 0 spiro atoms. The summed E-state index contributed by atoms with van der Waals surface area (Å²) in [7, 11) is 0. The van der Waals surface area contributed by atoms with E-state index >= 15 is 0 Å². The van der Waals surface area contributed by atoms with Crippen molar-refractivity contribution in [2.75, 3.05) is 11.1 Å². The smallest absolute Gasteiger partial charge is 0.120 e. The summed E-state index contributed by atoms with van der Waals surface area (Å²) in [6.07, 6.45) is 1.78. The zero-order valence-electron chi connectivity index (χ0n) is 21.3. The fraction of sp³-hybridized carbons (Fsp3) is 0.400. The number of benzene rings is 3. The maximum atomic E-state index is 10.4. The van der Waals surface area contributed by atoms with E-state index in [-0.39, 0.29) is 6.04 Å². The van der Waals surface area contributed by atoms with Crippen LogP contribution in [0.5, 0.6) is 5.75 Å². The Morgan fingerprint density at radius 2 is 1.39 bits per heavy atom. The van der Waals surface area contributed by atoms with Gasteiger partial charge in [0, 0.05) is 16.9 Å². The average molecular weight is 445 g/mol. The third kappa shape index (κ3) is 5.52. The van der Waals surface area contributed by atoms with Crippen LogP contribution < -0.4 is 11.1 Å². The number of phenols is 1. The third-order valence-electron chi connectivity index (χ3n) is 6.60. The number of hydrogen-bond donors (Lipinski definition) is 3. The number of nitrogen functional groups attached to an aromatic ring is 1. The Hall–Kier alpha value is -2.94. The molecule has 3 aromatic carbocycles. The van der Waals surface area contributed by atoms with Gasteiger partial charge in [-0.05, 0) is 78.0 Å². The van der Waals surface area contributed by atoms with Crippen molar-refractivity contribution in [3.8, 4) is 5.75 Å². The highest BCUT2D eigenvalue weighted by Crippen LogP contribution is 2.36. The van der Waals surface area contributed by atoms with Gasteiger partial charge in [-0.2, -0.15) is 0 Å². The Morgan fingerprint density at radius 3 is 1.97 bits per heavy atom. The van der Waals surface area contributed by atoms with Crippen molar-refractivity contribution in [3.05, 3.63) is 87.5 Å². The molecule has 176 valence electrons. The van der Waals surface area contributed by atoms with Crippen LogP contribution in [0.25, 0.3) is 0 Å². The summed E-state index contributed by atoms with van der Waals surface area (Å²) < 4.78 is 0. The predicted molar refractivity (Wildman–Crippen MR) is 143 cm³/mol. The summed E-state index contributed by atoms with van der Waals surface area (Å²) in [5.41, 5.74) is 17.0. The molecule has 0 amide bonds. The Kier molecular flexibility index (Phi) is 7.73. The van der Waals surface area contributed by atoms with Crippen molar-refractivity contribution < 1.29 is 5.11 Å². The van der Waals surface area contributed by atoms with E-state index in [1.807, 2.05) is 18.2 Å². The largest absolute Gasteiger partial charge is 0.508 e. The van der Waals surface area contributed by atoms with Gasteiger partial charge < -0.3 is 16.2 Å². The van der Waals surface area contributed by atoms with E-state index in [4.69, 9.17) is 5.73 Å². The topological polar surface area (TPSA) is 58.3 Å². The number of nitrogens with two attached hydrogens (primary N) is 1. The minimum Gasteiger partial charge on any atom is -0.508 e. The number of nitrogens with one attached hydrogen (secondary N) is 1. The van der Waals surface area contributed by atoms with Crippen LogP contribution >= 0.6 is 0 Å². The average Bonchev–Trinajstić information content (AvgIpc) is 2.75. The molecule has 1 unspecified atom stereocenters. The molecule has 0 saturated carbocycles. The van der Waals surface area contributed by atoms with Crippen molar-refractivity contribution in [1.82, 2.24) is 0 Å². The van der Waals surface area contributed by atoms with E-state index in [9.17, 15) is 5.11 Å². The molecule has 4 N–H and O–H groups in total. The van der Waals surface area contributed by atoms with Crippen LogP contribution in [-0.2, 0) is 6.42 Å². The highest BCUT2D eigenvalue weighted by molar-refractivity contribution is 5.62. The summed E-state index contributed by atoms with van der Waals surface area (Å²) in [5, 5.41) is 14.2. The van der Waals surface area contributed by atoms with Crippen LogP contribution in [-0.4, -0.2) is 5.11 Å². The van der Waals surface area contributed by atoms with Crippen LogP contribution in [0.15, 0.2) is 48.5 Å². The van der Waals surface area contributed by atoms with E-state index in [1.165, 1.54) is 33.5 Å². The maximum Gasteiger partial charge on any atom is 0.120 e. The van der Waals surface area contributed by atoms with Crippen LogP contribution in [0.4, 0.5) is 11.4 Å². The number of aryl methyl sites for hydroxylation is 2. The molecule has 3 heteroatoms. The van der Waals surface area contributed by atoms with Crippen molar-refractivity contribution >= 4 is 11.4 Å². The second kappa shape index (κ2) is 10.3. The molecule has 0 bridgehead atoms. The Bertz CT molecular complexity index is 1110.